The first kappa shape index (κ1) is 33.4. The molecule has 0 aromatic heterocycles. The number of fused-ring (bicyclic) bond motifs is 1. The summed E-state index contributed by atoms with van der Waals surface area (Å²) >= 11 is 6.59. The minimum absolute atomic E-state index is 0.0980. The molecule has 6 atom stereocenters. The number of anilines is 1. The summed E-state index contributed by atoms with van der Waals surface area (Å²) in [5, 5.41) is 13.4. The standard InChI is InChI=1S/C35H40ClN3O7/c1-4-6-15-27(41)45-21-25(23-12-8-7-9-13-23)37-32(42)28-26-16-17-35(46-26)29(28)33(43)39(19-20-40)31(35)34(44)38(18-5-2)30-22(3)11-10-14-24(30)36/h4-5,7-14,25-26,28-29,31,40H,1-2,6,15-21H2,3H3,(H,37,42)/t25-,26-,28+,29+,31-,35+/m1/s1. The van der Waals surface area contributed by atoms with Crippen molar-refractivity contribution in [3.8, 4) is 0 Å². The lowest BCUT2D eigenvalue weighted by molar-refractivity contribution is -0.146. The minimum atomic E-state index is -1.27. The third kappa shape index (κ3) is 6.09. The number of aryl methyl sites for hydroxylation is 1. The van der Waals surface area contributed by atoms with Gasteiger partial charge in [0.1, 0.15) is 18.2 Å². The SMILES string of the molecule is C=CCCC(=O)OC[C@@H](NC(=O)[C@@H]1[C@H]2C(=O)N(CCO)[C@H](C(=O)N(CC=C)c3c(C)cccc3Cl)[C@]23CC[C@H]1O3)c1ccccc1. The van der Waals surface area contributed by atoms with E-state index < -0.39 is 59.3 Å². The first-order valence-corrected chi connectivity index (χ1v) is 15.9. The maximum atomic E-state index is 14.6. The fraction of sp³-hybridized carbons (Fsp3) is 0.429. The van der Waals surface area contributed by atoms with Crippen LogP contribution in [0.1, 0.15) is 42.9 Å². The monoisotopic (exact) mass is 649 g/mol. The number of rotatable bonds is 14. The molecule has 2 N–H and O–H groups in total. The average molecular weight is 650 g/mol. The summed E-state index contributed by atoms with van der Waals surface area (Å²) < 4.78 is 12.0. The Morgan fingerprint density at radius 1 is 1.20 bits per heavy atom. The Kier molecular flexibility index (Phi) is 10.3. The molecule has 3 saturated heterocycles. The van der Waals surface area contributed by atoms with Gasteiger partial charge >= 0.3 is 5.97 Å². The van der Waals surface area contributed by atoms with Crippen molar-refractivity contribution in [2.75, 3.05) is 31.2 Å². The van der Waals surface area contributed by atoms with Crippen molar-refractivity contribution >= 4 is 41.0 Å². The largest absolute Gasteiger partial charge is 0.463 e. The quantitative estimate of drug-likeness (QED) is 0.235. The number of aliphatic hydroxyl groups is 1. The van der Waals surface area contributed by atoms with Crippen molar-refractivity contribution in [2.45, 2.75) is 56.4 Å². The van der Waals surface area contributed by atoms with Gasteiger partial charge in [0.25, 0.3) is 5.91 Å². The topological polar surface area (TPSA) is 125 Å². The molecule has 0 saturated carbocycles. The molecule has 2 bridgehead atoms. The molecule has 0 aliphatic carbocycles. The van der Waals surface area contributed by atoms with E-state index in [4.69, 9.17) is 21.1 Å². The van der Waals surface area contributed by atoms with E-state index >= 15 is 0 Å². The summed E-state index contributed by atoms with van der Waals surface area (Å²) in [5.74, 6) is -3.52. The van der Waals surface area contributed by atoms with Gasteiger partial charge in [0.05, 0.1) is 41.3 Å². The van der Waals surface area contributed by atoms with Crippen LogP contribution in [0.25, 0.3) is 0 Å². The Morgan fingerprint density at radius 3 is 2.63 bits per heavy atom. The van der Waals surface area contributed by atoms with Gasteiger partial charge < -0.3 is 29.7 Å². The van der Waals surface area contributed by atoms with Gasteiger partial charge in [0, 0.05) is 19.5 Å². The van der Waals surface area contributed by atoms with Crippen LogP contribution in [0.15, 0.2) is 73.8 Å². The minimum Gasteiger partial charge on any atom is -0.463 e. The predicted molar refractivity (Wildman–Crippen MR) is 173 cm³/mol. The summed E-state index contributed by atoms with van der Waals surface area (Å²) in [6.07, 6.45) is 4.12. The molecule has 3 aliphatic rings. The molecule has 11 heteroatoms. The zero-order valence-corrected chi connectivity index (χ0v) is 26.7. The first-order valence-electron chi connectivity index (χ1n) is 15.6. The molecule has 3 amide bonds. The van der Waals surface area contributed by atoms with Gasteiger partial charge in [-0.2, -0.15) is 0 Å². The number of hydrogen-bond acceptors (Lipinski definition) is 7. The highest BCUT2D eigenvalue weighted by atomic mass is 35.5. The Balaban J connectivity index is 1.45. The molecule has 1 spiro atoms. The molecular weight excluding hydrogens is 610 g/mol. The van der Waals surface area contributed by atoms with E-state index in [9.17, 15) is 24.3 Å². The van der Waals surface area contributed by atoms with Gasteiger partial charge in [0.2, 0.25) is 11.8 Å². The van der Waals surface area contributed by atoms with Crippen LogP contribution in [0.4, 0.5) is 5.69 Å². The zero-order chi connectivity index (χ0) is 33.0. The van der Waals surface area contributed by atoms with Crippen LogP contribution in [-0.2, 0) is 28.7 Å². The maximum absolute atomic E-state index is 14.6. The number of β-amino-alcohol motifs (C(OH)–C–C–N with tert-alkyl or cyclic N) is 1. The normalized spacial score (nSPS) is 25.1. The fourth-order valence-corrected chi connectivity index (χ4v) is 7.58. The molecule has 46 heavy (non-hydrogen) atoms. The smallest absolute Gasteiger partial charge is 0.306 e. The Morgan fingerprint density at radius 2 is 1.96 bits per heavy atom. The van der Waals surface area contributed by atoms with Crippen molar-refractivity contribution < 1.29 is 33.8 Å². The second kappa shape index (κ2) is 14.2. The van der Waals surface area contributed by atoms with Gasteiger partial charge in [-0.25, -0.2) is 0 Å². The van der Waals surface area contributed by atoms with Crippen LogP contribution in [0, 0.1) is 18.8 Å². The number of hydrogen-bond donors (Lipinski definition) is 2. The Hall–Kier alpha value is -3.99. The average Bonchev–Trinajstić information content (AvgIpc) is 3.69. The molecule has 244 valence electrons. The number of benzene rings is 2. The van der Waals surface area contributed by atoms with Crippen LogP contribution < -0.4 is 10.2 Å². The number of para-hydroxylation sites is 1. The highest BCUT2D eigenvalue weighted by molar-refractivity contribution is 6.34. The van der Waals surface area contributed by atoms with Gasteiger partial charge in [-0.05, 0) is 43.4 Å². The number of ether oxygens (including phenoxy) is 2. The van der Waals surface area contributed by atoms with Gasteiger partial charge in [-0.3, -0.25) is 19.2 Å². The summed E-state index contributed by atoms with van der Waals surface area (Å²) in [7, 11) is 0. The Bertz CT molecular complexity index is 1480. The molecule has 2 aromatic rings. The highest BCUT2D eigenvalue weighted by Gasteiger charge is 2.74. The van der Waals surface area contributed by atoms with E-state index in [1.165, 1.54) is 9.80 Å². The second-order valence-corrected chi connectivity index (χ2v) is 12.3. The van der Waals surface area contributed by atoms with Crippen molar-refractivity contribution in [1.29, 1.82) is 0 Å². The molecule has 3 heterocycles. The van der Waals surface area contributed by atoms with Crippen LogP contribution >= 0.6 is 11.6 Å². The number of likely N-dealkylation sites (tertiary alicyclic amines) is 1. The number of esters is 1. The van der Waals surface area contributed by atoms with Crippen molar-refractivity contribution in [3.63, 3.8) is 0 Å². The Labute approximate surface area is 274 Å². The summed E-state index contributed by atoms with van der Waals surface area (Å²) in [6, 6.07) is 12.7. The molecule has 5 rings (SSSR count). The van der Waals surface area contributed by atoms with Crippen molar-refractivity contribution in [1.82, 2.24) is 10.2 Å². The van der Waals surface area contributed by atoms with Crippen molar-refractivity contribution in [3.05, 3.63) is 90.0 Å². The predicted octanol–water partition coefficient (Wildman–Crippen LogP) is 3.90. The van der Waals surface area contributed by atoms with E-state index in [2.05, 4.69) is 18.5 Å². The van der Waals surface area contributed by atoms with Crippen molar-refractivity contribution in [2.24, 2.45) is 11.8 Å². The van der Waals surface area contributed by atoms with E-state index in [0.717, 1.165) is 11.1 Å². The van der Waals surface area contributed by atoms with Gasteiger partial charge in [0.15, 0.2) is 0 Å². The highest BCUT2D eigenvalue weighted by Crippen LogP contribution is 2.58. The lowest BCUT2D eigenvalue weighted by Crippen LogP contribution is -2.57. The fourth-order valence-electron chi connectivity index (χ4n) is 7.26. The van der Waals surface area contributed by atoms with E-state index in [-0.39, 0.29) is 32.7 Å². The lowest BCUT2D eigenvalue weighted by Gasteiger charge is -2.37. The number of nitrogens with zero attached hydrogens (tertiary/aromatic N) is 2. The summed E-state index contributed by atoms with van der Waals surface area (Å²) in [5.41, 5.74) is 0.722. The van der Waals surface area contributed by atoms with Crippen LogP contribution in [0.5, 0.6) is 0 Å². The molecule has 3 aliphatic heterocycles. The van der Waals surface area contributed by atoms with E-state index in [1.54, 1.807) is 24.3 Å². The number of carbonyl (C=O) groups excluding carboxylic acids is 4. The zero-order valence-electron chi connectivity index (χ0n) is 25.9. The second-order valence-electron chi connectivity index (χ2n) is 11.9. The maximum Gasteiger partial charge on any atom is 0.306 e. The molecular formula is C35H40ClN3O7. The third-order valence-electron chi connectivity index (χ3n) is 9.20. The third-order valence-corrected chi connectivity index (χ3v) is 9.50. The van der Waals surface area contributed by atoms with E-state index in [1.807, 2.05) is 43.3 Å². The van der Waals surface area contributed by atoms with Gasteiger partial charge in [-0.1, -0.05) is 66.2 Å². The van der Waals surface area contributed by atoms with Gasteiger partial charge in [-0.15, -0.1) is 13.2 Å². The molecule has 0 radical (unpaired) electrons. The number of aliphatic hydroxyl groups excluding tert-OH is 1. The molecule has 0 unspecified atom stereocenters. The van der Waals surface area contributed by atoms with Crippen LogP contribution in [0.2, 0.25) is 5.02 Å². The molecule has 10 nitrogen and oxygen atoms in total. The number of carbonyl (C=O) groups is 4. The summed E-state index contributed by atoms with van der Waals surface area (Å²) in [4.78, 5) is 58.0. The number of halogens is 1. The summed E-state index contributed by atoms with van der Waals surface area (Å²) in [6.45, 7) is 8.84. The first-order chi connectivity index (χ1) is 22.2. The van der Waals surface area contributed by atoms with Crippen LogP contribution in [-0.4, -0.2) is 77.7 Å². The van der Waals surface area contributed by atoms with Crippen LogP contribution in [0.3, 0.4) is 0 Å². The molecule has 3 fully saturated rings. The number of nitrogens with one attached hydrogen (secondary N) is 1. The molecule has 2 aromatic carbocycles. The number of allylic oxidation sites excluding steroid dienone is 1. The van der Waals surface area contributed by atoms with E-state index in [0.29, 0.717) is 30.0 Å². The number of amides is 3. The lowest BCUT2D eigenvalue weighted by atomic mass is 9.70.